The fourth-order valence-corrected chi connectivity index (χ4v) is 1.64. The number of nitrogen functional groups attached to an aromatic ring is 1. The summed E-state index contributed by atoms with van der Waals surface area (Å²) in [6, 6.07) is 7.27. The number of rotatable bonds is 2. The third kappa shape index (κ3) is 3.00. The summed E-state index contributed by atoms with van der Waals surface area (Å²) in [6.45, 7) is 0. The Kier molecular flexibility index (Phi) is 3.66. The number of carbonyl (C=O) groups is 1. The summed E-state index contributed by atoms with van der Waals surface area (Å²) in [7, 11) is 0. The maximum atomic E-state index is 13.4. The summed E-state index contributed by atoms with van der Waals surface area (Å²) in [5, 5.41) is 2.62. The fourth-order valence-electron chi connectivity index (χ4n) is 1.47. The first-order valence-electron chi connectivity index (χ1n) is 5.29. The summed E-state index contributed by atoms with van der Waals surface area (Å²) in [4.78, 5) is 11.8. The number of anilines is 2. The number of benzene rings is 2. The molecule has 3 nitrogen and oxygen atoms in total. The fraction of sp³-hybridized carbons (Fsp3) is 0. The minimum absolute atomic E-state index is 0.0552. The van der Waals surface area contributed by atoms with Crippen molar-refractivity contribution in [3.8, 4) is 0 Å². The molecule has 1 amide bonds. The van der Waals surface area contributed by atoms with Crippen LogP contribution in [-0.4, -0.2) is 5.91 Å². The van der Waals surface area contributed by atoms with Crippen molar-refractivity contribution in [2.75, 3.05) is 11.1 Å². The molecule has 0 spiro atoms. The van der Waals surface area contributed by atoms with Crippen LogP contribution in [0.2, 0.25) is 5.02 Å². The van der Waals surface area contributed by atoms with Crippen molar-refractivity contribution in [3.63, 3.8) is 0 Å². The van der Waals surface area contributed by atoms with Crippen molar-refractivity contribution in [2.24, 2.45) is 0 Å². The maximum absolute atomic E-state index is 13.4. The van der Waals surface area contributed by atoms with E-state index in [-0.39, 0.29) is 22.0 Å². The highest BCUT2D eigenvalue weighted by Crippen LogP contribution is 2.21. The summed E-state index contributed by atoms with van der Waals surface area (Å²) in [5.74, 6) is -1.84. The standard InChI is InChI=1S/C13H9ClF2N2O/c14-8-2-4-10(16)12(6-8)18-13(19)7-1-3-9(15)11(17)5-7/h1-6H,17H2,(H,18,19). The van der Waals surface area contributed by atoms with E-state index in [9.17, 15) is 13.6 Å². The van der Waals surface area contributed by atoms with E-state index in [1.165, 1.54) is 24.3 Å². The van der Waals surface area contributed by atoms with Crippen LogP contribution in [0.5, 0.6) is 0 Å². The Morgan fingerprint density at radius 2 is 1.79 bits per heavy atom. The van der Waals surface area contributed by atoms with Crippen molar-refractivity contribution in [3.05, 3.63) is 58.6 Å². The Bertz CT molecular complexity index is 647. The SMILES string of the molecule is Nc1cc(C(=O)Nc2cc(Cl)ccc2F)ccc1F. The Morgan fingerprint density at radius 1 is 1.11 bits per heavy atom. The topological polar surface area (TPSA) is 55.1 Å². The lowest BCUT2D eigenvalue weighted by Crippen LogP contribution is -2.13. The van der Waals surface area contributed by atoms with Gasteiger partial charge in [-0.2, -0.15) is 0 Å². The second kappa shape index (κ2) is 5.24. The van der Waals surface area contributed by atoms with Gasteiger partial charge in [-0.3, -0.25) is 4.79 Å². The average Bonchev–Trinajstić information content (AvgIpc) is 2.37. The van der Waals surface area contributed by atoms with Gasteiger partial charge >= 0.3 is 0 Å². The summed E-state index contributed by atoms with van der Waals surface area (Å²) < 4.78 is 26.4. The minimum atomic E-state index is -0.620. The van der Waals surface area contributed by atoms with Crippen LogP contribution in [0.4, 0.5) is 20.2 Å². The molecule has 2 aromatic rings. The van der Waals surface area contributed by atoms with Gasteiger partial charge in [0.2, 0.25) is 0 Å². The first kappa shape index (κ1) is 13.3. The van der Waals surface area contributed by atoms with Crippen molar-refractivity contribution in [2.45, 2.75) is 0 Å². The molecule has 0 radical (unpaired) electrons. The molecule has 0 aliphatic heterocycles. The lowest BCUT2D eigenvalue weighted by Gasteiger charge is -2.07. The Hall–Kier alpha value is -2.14. The van der Waals surface area contributed by atoms with Gasteiger partial charge in [0.1, 0.15) is 11.6 Å². The average molecular weight is 283 g/mol. The molecule has 98 valence electrons. The van der Waals surface area contributed by atoms with Crippen molar-refractivity contribution in [1.82, 2.24) is 0 Å². The van der Waals surface area contributed by atoms with Gasteiger partial charge in [0, 0.05) is 10.6 Å². The van der Waals surface area contributed by atoms with Crippen LogP contribution in [0.15, 0.2) is 36.4 Å². The van der Waals surface area contributed by atoms with Crippen LogP contribution < -0.4 is 11.1 Å². The number of amides is 1. The molecule has 2 rings (SSSR count). The van der Waals surface area contributed by atoms with E-state index >= 15 is 0 Å². The largest absolute Gasteiger partial charge is 0.396 e. The van der Waals surface area contributed by atoms with Crippen LogP contribution >= 0.6 is 11.6 Å². The van der Waals surface area contributed by atoms with Gasteiger partial charge < -0.3 is 11.1 Å². The Morgan fingerprint density at radius 3 is 2.47 bits per heavy atom. The molecule has 0 atom stereocenters. The van der Waals surface area contributed by atoms with Crippen LogP contribution in [0, 0.1) is 11.6 Å². The number of nitrogens with one attached hydrogen (secondary N) is 1. The Labute approximate surface area is 113 Å². The van der Waals surface area contributed by atoms with Gasteiger partial charge in [-0.1, -0.05) is 11.6 Å². The first-order chi connectivity index (χ1) is 8.97. The van der Waals surface area contributed by atoms with Gasteiger partial charge in [0.25, 0.3) is 5.91 Å². The lowest BCUT2D eigenvalue weighted by atomic mass is 10.1. The van der Waals surface area contributed by atoms with Crippen LogP contribution in [0.25, 0.3) is 0 Å². The number of carbonyl (C=O) groups excluding carboxylic acids is 1. The van der Waals surface area contributed by atoms with Crippen molar-refractivity contribution < 1.29 is 13.6 Å². The number of nitrogens with two attached hydrogens (primary N) is 1. The highest BCUT2D eigenvalue weighted by molar-refractivity contribution is 6.31. The van der Waals surface area contributed by atoms with E-state index in [4.69, 9.17) is 17.3 Å². The van der Waals surface area contributed by atoms with Gasteiger partial charge in [-0.05, 0) is 36.4 Å². The zero-order chi connectivity index (χ0) is 14.0. The van der Waals surface area contributed by atoms with E-state index in [0.29, 0.717) is 0 Å². The summed E-state index contributed by atoms with van der Waals surface area (Å²) in [6.07, 6.45) is 0. The minimum Gasteiger partial charge on any atom is -0.396 e. The molecular formula is C13H9ClF2N2O. The second-order valence-corrected chi connectivity index (χ2v) is 4.25. The first-order valence-corrected chi connectivity index (χ1v) is 5.66. The van der Waals surface area contributed by atoms with E-state index in [2.05, 4.69) is 5.32 Å². The third-order valence-corrected chi connectivity index (χ3v) is 2.67. The summed E-state index contributed by atoms with van der Waals surface area (Å²) in [5.41, 5.74) is 5.27. The maximum Gasteiger partial charge on any atom is 0.255 e. The van der Waals surface area contributed by atoms with Crippen LogP contribution in [-0.2, 0) is 0 Å². The van der Waals surface area contributed by atoms with Gasteiger partial charge in [-0.25, -0.2) is 8.78 Å². The predicted octanol–water partition coefficient (Wildman–Crippen LogP) is 3.45. The van der Waals surface area contributed by atoms with Crippen molar-refractivity contribution >= 4 is 28.9 Å². The molecule has 0 unspecified atom stereocenters. The number of halogens is 3. The quantitative estimate of drug-likeness (QED) is 0.829. The smallest absolute Gasteiger partial charge is 0.255 e. The molecule has 0 saturated carbocycles. The molecule has 0 fully saturated rings. The predicted molar refractivity (Wildman–Crippen MR) is 70.2 cm³/mol. The van der Waals surface area contributed by atoms with Crippen molar-refractivity contribution in [1.29, 1.82) is 0 Å². The van der Waals surface area contributed by atoms with E-state index in [0.717, 1.165) is 12.1 Å². The zero-order valence-electron chi connectivity index (χ0n) is 9.58. The molecule has 6 heteroatoms. The van der Waals surface area contributed by atoms with E-state index < -0.39 is 17.5 Å². The molecule has 3 N–H and O–H groups in total. The molecule has 2 aromatic carbocycles. The molecule has 19 heavy (non-hydrogen) atoms. The molecule has 0 aromatic heterocycles. The van der Waals surface area contributed by atoms with Crippen LogP contribution in [0.3, 0.4) is 0 Å². The summed E-state index contributed by atoms with van der Waals surface area (Å²) >= 11 is 5.70. The molecule has 0 bridgehead atoms. The highest BCUT2D eigenvalue weighted by atomic mass is 35.5. The van der Waals surface area contributed by atoms with Gasteiger partial charge in [0.05, 0.1) is 11.4 Å². The molecular weight excluding hydrogens is 274 g/mol. The van der Waals surface area contributed by atoms with Gasteiger partial charge in [0.15, 0.2) is 0 Å². The normalized spacial score (nSPS) is 10.3. The third-order valence-electron chi connectivity index (χ3n) is 2.43. The molecule has 0 aliphatic carbocycles. The van der Waals surface area contributed by atoms with Crippen LogP contribution in [0.1, 0.15) is 10.4 Å². The van der Waals surface area contributed by atoms with E-state index in [1.54, 1.807) is 0 Å². The molecule has 0 aliphatic rings. The highest BCUT2D eigenvalue weighted by Gasteiger charge is 2.11. The lowest BCUT2D eigenvalue weighted by molar-refractivity contribution is 0.102. The second-order valence-electron chi connectivity index (χ2n) is 3.81. The zero-order valence-corrected chi connectivity index (χ0v) is 10.3. The van der Waals surface area contributed by atoms with Gasteiger partial charge in [-0.15, -0.1) is 0 Å². The van der Waals surface area contributed by atoms with E-state index in [1.807, 2.05) is 0 Å². The number of hydrogen-bond acceptors (Lipinski definition) is 2. The molecule has 0 heterocycles. The number of hydrogen-bond donors (Lipinski definition) is 2. The Balaban J connectivity index is 2.25. The monoisotopic (exact) mass is 282 g/mol. The molecule has 0 saturated heterocycles.